The third-order valence-electron chi connectivity index (χ3n) is 4.20. The summed E-state index contributed by atoms with van der Waals surface area (Å²) in [7, 11) is 0. The molecule has 0 aliphatic heterocycles. The Morgan fingerprint density at radius 1 is 1.06 bits per heavy atom. The van der Waals surface area contributed by atoms with Gasteiger partial charge >= 0.3 is 0 Å². The van der Waals surface area contributed by atoms with Crippen molar-refractivity contribution >= 4 is 0 Å². The van der Waals surface area contributed by atoms with E-state index in [2.05, 4.69) is 0 Å². The topological polar surface area (TPSA) is 20.2 Å². The molecule has 0 spiro atoms. The molecule has 1 aliphatic carbocycles. The van der Waals surface area contributed by atoms with Crippen LogP contribution in [0.25, 0.3) is 0 Å². The van der Waals surface area contributed by atoms with Crippen LogP contribution in [0.3, 0.4) is 0 Å². The van der Waals surface area contributed by atoms with Gasteiger partial charge in [0.1, 0.15) is 5.82 Å². The van der Waals surface area contributed by atoms with E-state index in [9.17, 15) is 9.50 Å². The Morgan fingerprint density at radius 3 is 2.06 bits per heavy atom. The van der Waals surface area contributed by atoms with Gasteiger partial charge in [0.2, 0.25) is 0 Å². The van der Waals surface area contributed by atoms with E-state index in [1.165, 1.54) is 37.8 Å². The van der Waals surface area contributed by atoms with Gasteiger partial charge in [-0.1, -0.05) is 25.7 Å². The van der Waals surface area contributed by atoms with Gasteiger partial charge in [0.15, 0.2) is 0 Å². The molecule has 0 heterocycles. The normalized spacial score (nSPS) is 19.6. The molecule has 0 saturated heterocycles. The Morgan fingerprint density at radius 2 is 1.56 bits per heavy atom. The van der Waals surface area contributed by atoms with Crippen LogP contribution in [0.15, 0.2) is 12.1 Å². The molecule has 18 heavy (non-hydrogen) atoms. The summed E-state index contributed by atoms with van der Waals surface area (Å²) in [5, 5.41) is 10.6. The Kier molecular flexibility index (Phi) is 4.39. The first-order valence-electron chi connectivity index (χ1n) is 7.04. The van der Waals surface area contributed by atoms with E-state index < -0.39 is 6.10 Å². The van der Waals surface area contributed by atoms with Crippen LogP contribution in [-0.4, -0.2) is 5.11 Å². The zero-order valence-electron chi connectivity index (χ0n) is 11.4. The third kappa shape index (κ3) is 2.92. The number of aliphatic hydroxyl groups is 1. The highest BCUT2D eigenvalue weighted by Crippen LogP contribution is 2.36. The molecule has 1 atom stereocenters. The molecule has 1 nitrogen and oxygen atoms in total. The molecule has 1 aromatic rings. The number of rotatable bonds is 2. The van der Waals surface area contributed by atoms with E-state index in [0.29, 0.717) is 5.92 Å². The molecular weight excluding hydrogens is 227 g/mol. The van der Waals surface area contributed by atoms with Crippen LogP contribution in [0, 0.1) is 25.6 Å². The molecule has 1 aliphatic rings. The summed E-state index contributed by atoms with van der Waals surface area (Å²) in [4.78, 5) is 0. The van der Waals surface area contributed by atoms with Crippen LogP contribution in [0.1, 0.15) is 61.3 Å². The van der Waals surface area contributed by atoms with Crippen molar-refractivity contribution in [3.63, 3.8) is 0 Å². The van der Waals surface area contributed by atoms with Crippen molar-refractivity contribution in [2.75, 3.05) is 0 Å². The van der Waals surface area contributed by atoms with Crippen molar-refractivity contribution < 1.29 is 9.50 Å². The molecule has 100 valence electrons. The molecule has 0 aromatic heterocycles. The second-order valence-corrected chi connectivity index (χ2v) is 5.65. The number of aliphatic hydroxyl groups excluding tert-OH is 1. The van der Waals surface area contributed by atoms with E-state index in [1.807, 2.05) is 13.8 Å². The number of halogens is 1. The van der Waals surface area contributed by atoms with Crippen molar-refractivity contribution in [1.82, 2.24) is 0 Å². The summed E-state index contributed by atoms with van der Waals surface area (Å²) in [5.74, 6) is 0.136. The number of benzene rings is 1. The largest absolute Gasteiger partial charge is 0.388 e. The first-order valence-corrected chi connectivity index (χ1v) is 7.04. The van der Waals surface area contributed by atoms with Crippen LogP contribution in [0.5, 0.6) is 0 Å². The van der Waals surface area contributed by atoms with E-state index in [4.69, 9.17) is 0 Å². The van der Waals surface area contributed by atoms with Gasteiger partial charge in [-0.25, -0.2) is 4.39 Å². The summed E-state index contributed by atoms with van der Waals surface area (Å²) in [6.07, 6.45) is 6.75. The predicted octanol–water partition coefficient (Wildman–Crippen LogP) is 4.45. The first-order chi connectivity index (χ1) is 8.59. The lowest BCUT2D eigenvalue weighted by Crippen LogP contribution is -2.14. The maximum Gasteiger partial charge on any atom is 0.123 e. The Hall–Kier alpha value is -0.890. The standard InChI is InChI=1S/C16H23FO/c1-11-9-14(17)10-12(2)15(11)16(18)13-7-5-3-4-6-8-13/h9-10,13,16,18H,3-8H2,1-2H3. The van der Waals surface area contributed by atoms with Gasteiger partial charge in [0, 0.05) is 0 Å². The molecule has 1 aromatic carbocycles. The maximum absolute atomic E-state index is 13.3. The lowest BCUT2D eigenvalue weighted by molar-refractivity contribution is 0.0975. The fraction of sp³-hybridized carbons (Fsp3) is 0.625. The van der Waals surface area contributed by atoms with Crippen molar-refractivity contribution in [2.45, 2.75) is 58.5 Å². The van der Waals surface area contributed by atoms with Crippen molar-refractivity contribution in [3.8, 4) is 0 Å². The van der Waals surface area contributed by atoms with Crippen LogP contribution in [0.4, 0.5) is 4.39 Å². The van der Waals surface area contributed by atoms with Crippen LogP contribution < -0.4 is 0 Å². The highest BCUT2D eigenvalue weighted by molar-refractivity contribution is 5.36. The molecule has 1 unspecified atom stereocenters. The second-order valence-electron chi connectivity index (χ2n) is 5.65. The lowest BCUT2D eigenvalue weighted by Gasteiger charge is -2.24. The molecule has 1 N–H and O–H groups in total. The lowest BCUT2D eigenvalue weighted by atomic mass is 9.85. The quantitative estimate of drug-likeness (QED) is 0.769. The van der Waals surface area contributed by atoms with Gasteiger partial charge in [0.05, 0.1) is 6.10 Å². The van der Waals surface area contributed by atoms with Gasteiger partial charge in [0.25, 0.3) is 0 Å². The number of hydrogen-bond acceptors (Lipinski definition) is 1. The van der Waals surface area contributed by atoms with E-state index in [0.717, 1.165) is 29.5 Å². The molecule has 2 rings (SSSR count). The zero-order chi connectivity index (χ0) is 13.1. The molecule has 0 bridgehead atoms. The van der Waals surface area contributed by atoms with Crippen LogP contribution in [-0.2, 0) is 0 Å². The minimum atomic E-state index is -0.427. The average Bonchev–Trinajstić information content (AvgIpc) is 2.55. The predicted molar refractivity (Wildman–Crippen MR) is 72.0 cm³/mol. The summed E-state index contributed by atoms with van der Waals surface area (Å²) in [5.41, 5.74) is 2.71. The zero-order valence-corrected chi connectivity index (χ0v) is 11.4. The fourth-order valence-corrected chi connectivity index (χ4v) is 3.25. The van der Waals surface area contributed by atoms with Gasteiger partial charge in [-0.05, 0) is 61.4 Å². The number of aryl methyl sites for hydroxylation is 2. The SMILES string of the molecule is Cc1cc(F)cc(C)c1C(O)C1CCCCCC1. The van der Waals surface area contributed by atoms with E-state index >= 15 is 0 Å². The highest BCUT2D eigenvalue weighted by Gasteiger charge is 2.24. The molecule has 1 saturated carbocycles. The fourth-order valence-electron chi connectivity index (χ4n) is 3.25. The summed E-state index contributed by atoms with van der Waals surface area (Å²) >= 11 is 0. The average molecular weight is 250 g/mol. The smallest absolute Gasteiger partial charge is 0.123 e. The Bertz CT molecular complexity index is 383. The van der Waals surface area contributed by atoms with E-state index in [1.54, 1.807) is 0 Å². The van der Waals surface area contributed by atoms with Gasteiger partial charge < -0.3 is 5.11 Å². The van der Waals surface area contributed by atoms with Crippen molar-refractivity contribution in [1.29, 1.82) is 0 Å². The molecule has 0 amide bonds. The van der Waals surface area contributed by atoms with Crippen LogP contribution >= 0.6 is 0 Å². The van der Waals surface area contributed by atoms with Gasteiger partial charge in [-0.15, -0.1) is 0 Å². The second kappa shape index (κ2) is 5.83. The van der Waals surface area contributed by atoms with Crippen molar-refractivity contribution in [2.24, 2.45) is 5.92 Å². The first kappa shape index (κ1) is 13.5. The minimum absolute atomic E-state index is 0.207. The molecule has 0 radical (unpaired) electrons. The molecular formula is C16H23FO. The third-order valence-corrected chi connectivity index (χ3v) is 4.20. The van der Waals surface area contributed by atoms with Gasteiger partial charge in [-0.3, -0.25) is 0 Å². The number of hydrogen-bond donors (Lipinski definition) is 1. The molecule has 2 heteroatoms. The molecule has 1 fully saturated rings. The summed E-state index contributed by atoms with van der Waals surface area (Å²) < 4.78 is 13.3. The van der Waals surface area contributed by atoms with Crippen molar-refractivity contribution in [3.05, 3.63) is 34.6 Å². The minimum Gasteiger partial charge on any atom is -0.388 e. The monoisotopic (exact) mass is 250 g/mol. The highest BCUT2D eigenvalue weighted by atomic mass is 19.1. The Labute approximate surface area is 109 Å². The summed E-state index contributed by atoms with van der Waals surface area (Å²) in [6.45, 7) is 3.79. The summed E-state index contributed by atoms with van der Waals surface area (Å²) in [6, 6.07) is 3.06. The Balaban J connectivity index is 2.24. The van der Waals surface area contributed by atoms with Crippen LogP contribution in [0.2, 0.25) is 0 Å². The van der Waals surface area contributed by atoms with E-state index in [-0.39, 0.29) is 5.82 Å². The van der Waals surface area contributed by atoms with Gasteiger partial charge in [-0.2, -0.15) is 0 Å². The maximum atomic E-state index is 13.3.